The predicted molar refractivity (Wildman–Crippen MR) is 88.1 cm³/mol. The molecule has 130 valence electrons. The minimum Gasteiger partial charge on any atom is -0.460 e. The molecule has 0 saturated carbocycles. The number of hydrogen-bond donors (Lipinski definition) is 1. The van der Waals surface area contributed by atoms with Gasteiger partial charge >= 0.3 is 5.97 Å². The number of halogens is 1. The number of aryl methyl sites for hydroxylation is 1. The highest BCUT2D eigenvalue weighted by atomic mass is 32.2. The van der Waals surface area contributed by atoms with E-state index < -0.39 is 11.8 Å². The minimum absolute atomic E-state index is 0.0271. The molecule has 9 heteroatoms. The van der Waals surface area contributed by atoms with Gasteiger partial charge in [-0.25, -0.2) is 4.39 Å². The summed E-state index contributed by atoms with van der Waals surface area (Å²) in [6, 6.07) is 7.26. The highest BCUT2D eigenvalue weighted by molar-refractivity contribution is 8.00. The van der Waals surface area contributed by atoms with Gasteiger partial charge in [0.25, 0.3) is 0 Å². The van der Waals surface area contributed by atoms with E-state index >= 15 is 0 Å². The first-order valence-electron chi connectivity index (χ1n) is 7.13. The number of carbonyl (C=O) groups excluding carboxylic acids is 2. The van der Waals surface area contributed by atoms with Crippen molar-refractivity contribution < 1.29 is 23.2 Å². The van der Waals surface area contributed by atoms with Crippen LogP contribution in [0.3, 0.4) is 0 Å². The molecule has 0 aliphatic carbocycles. The first kappa shape index (κ1) is 18.5. The Morgan fingerprint density at radius 1 is 1.40 bits per heavy atom. The number of benzene rings is 1. The molecule has 1 heterocycles. The number of anilines is 1. The molecule has 2 rings (SSSR count). The van der Waals surface area contributed by atoms with E-state index in [1.807, 2.05) is 6.07 Å². The Bertz CT molecular complexity index is 816. The lowest BCUT2D eigenvalue weighted by Gasteiger charge is -2.06. The molecule has 7 nitrogen and oxygen atoms in total. The second kappa shape index (κ2) is 8.84. The molecule has 1 aromatic carbocycles. The normalized spacial score (nSPS) is 10.1. The van der Waals surface area contributed by atoms with Crippen molar-refractivity contribution in [1.82, 2.24) is 5.16 Å². The van der Waals surface area contributed by atoms with Crippen molar-refractivity contribution in [2.45, 2.75) is 13.5 Å². The molecule has 1 N–H and O–H groups in total. The SMILES string of the molecule is Cc1cc(NC(=O)CSCC(=O)OCc2cc(C#N)ccc2F)no1. The fourth-order valence-electron chi connectivity index (χ4n) is 1.79. The van der Waals surface area contributed by atoms with Crippen molar-refractivity contribution >= 4 is 29.5 Å². The first-order valence-corrected chi connectivity index (χ1v) is 8.28. The van der Waals surface area contributed by atoms with Gasteiger partial charge in [0.15, 0.2) is 5.82 Å². The molecule has 1 aromatic heterocycles. The molecule has 0 spiro atoms. The first-order chi connectivity index (χ1) is 12.0. The molecule has 0 aliphatic heterocycles. The third-order valence-corrected chi connectivity index (χ3v) is 3.82. The van der Waals surface area contributed by atoms with Gasteiger partial charge in [0.2, 0.25) is 5.91 Å². The molecule has 0 saturated heterocycles. The van der Waals surface area contributed by atoms with Gasteiger partial charge in [-0.15, -0.1) is 11.8 Å². The maximum atomic E-state index is 13.6. The van der Waals surface area contributed by atoms with Crippen LogP contribution in [0.25, 0.3) is 0 Å². The fraction of sp³-hybridized carbons (Fsp3) is 0.250. The molecule has 0 aliphatic rings. The Morgan fingerprint density at radius 2 is 2.20 bits per heavy atom. The lowest BCUT2D eigenvalue weighted by atomic mass is 10.1. The fourth-order valence-corrected chi connectivity index (χ4v) is 2.40. The number of ether oxygens (including phenoxy) is 1. The summed E-state index contributed by atoms with van der Waals surface area (Å²) in [4.78, 5) is 23.3. The molecular formula is C16H14FN3O4S. The topological polar surface area (TPSA) is 105 Å². The van der Waals surface area contributed by atoms with Gasteiger partial charge in [0.05, 0.1) is 23.1 Å². The van der Waals surface area contributed by atoms with Crippen LogP contribution in [0.1, 0.15) is 16.9 Å². The van der Waals surface area contributed by atoms with E-state index in [4.69, 9.17) is 14.5 Å². The van der Waals surface area contributed by atoms with Gasteiger partial charge in [-0.05, 0) is 25.1 Å². The van der Waals surface area contributed by atoms with E-state index in [9.17, 15) is 14.0 Å². The Morgan fingerprint density at radius 3 is 2.88 bits per heavy atom. The highest BCUT2D eigenvalue weighted by Crippen LogP contribution is 2.12. The summed E-state index contributed by atoms with van der Waals surface area (Å²) in [6.07, 6.45) is 0. The predicted octanol–water partition coefficient (Wildman–Crippen LogP) is 2.41. The van der Waals surface area contributed by atoms with Gasteiger partial charge in [0.1, 0.15) is 18.2 Å². The lowest BCUT2D eigenvalue weighted by Crippen LogP contribution is -2.16. The molecule has 0 unspecified atom stereocenters. The average molecular weight is 363 g/mol. The average Bonchev–Trinajstić information content (AvgIpc) is 2.99. The van der Waals surface area contributed by atoms with Crippen molar-refractivity contribution in [3.05, 3.63) is 47.0 Å². The number of aromatic nitrogens is 1. The third kappa shape index (κ3) is 5.93. The lowest BCUT2D eigenvalue weighted by molar-refractivity contribution is -0.141. The smallest absolute Gasteiger partial charge is 0.316 e. The van der Waals surface area contributed by atoms with Crippen molar-refractivity contribution in [2.24, 2.45) is 0 Å². The van der Waals surface area contributed by atoms with Crippen LogP contribution in [0.2, 0.25) is 0 Å². The number of amides is 1. The number of thioether (sulfide) groups is 1. The Balaban J connectivity index is 1.70. The van der Waals surface area contributed by atoms with Crippen LogP contribution >= 0.6 is 11.8 Å². The standard InChI is InChI=1S/C16H14FN3O4S/c1-10-4-14(20-24-10)19-15(21)8-25-9-16(22)23-7-12-5-11(6-18)2-3-13(12)17/h2-5H,7-9H2,1H3,(H,19,20,21). The molecular weight excluding hydrogens is 349 g/mol. The summed E-state index contributed by atoms with van der Waals surface area (Å²) < 4.78 is 23.3. The van der Waals surface area contributed by atoms with Gasteiger partial charge in [-0.2, -0.15) is 5.26 Å². The van der Waals surface area contributed by atoms with Crippen LogP contribution in [0.5, 0.6) is 0 Å². The molecule has 1 amide bonds. The highest BCUT2D eigenvalue weighted by Gasteiger charge is 2.11. The zero-order valence-electron chi connectivity index (χ0n) is 13.2. The number of hydrogen-bond acceptors (Lipinski definition) is 7. The third-order valence-electron chi connectivity index (χ3n) is 2.91. The van der Waals surface area contributed by atoms with Crippen LogP contribution < -0.4 is 5.32 Å². The number of carbonyl (C=O) groups is 2. The van der Waals surface area contributed by atoms with Crippen molar-refractivity contribution in [1.29, 1.82) is 5.26 Å². The molecule has 25 heavy (non-hydrogen) atoms. The number of nitrogens with one attached hydrogen (secondary N) is 1. The second-order valence-corrected chi connectivity index (χ2v) is 5.93. The van der Waals surface area contributed by atoms with Crippen molar-refractivity contribution in [3.8, 4) is 6.07 Å². The maximum absolute atomic E-state index is 13.6. The quantitative estimate of drug-likeness (QED) is 0.753. The molecule has 0 atom stereocenters. The van der Waals surface area contributed by atoms with Gasteiger partial charge < -0.3 is 14.6 Å². The van der Waals surface area contributed by atoms with Crippen LogP contribution in [-0.2, 0) is 20.9 Å². The van der Waals surface area contributed by atoms with Crippen LogP contribution in [0.4, 0.5) is 10.2 Å². The van der Waals surface area contributed by atoms with Gasteiger partial charge in [-0.1, -0.05) is 5.16 Å². The van der Waals surface area contributed by atoms with Gasteiger partial charge in [0, 0.05) is 11.6 Å². The summed E-state index contributed by atoms with van der Waals surface area (Å²) in [6.45, 7) is 1.42. The van der Waals surface area contributed by atoms with Crippen LogP contribution in [0.15, 0.2) is 28.8 Å². The zero-order chi connectivity index (χ0) is 18.2. The van der Waals surface area contributed by atoms with E-state index in [-0.39, 0.29) is 35.1 Å². The number of esters is 1. The van der Waals surface area contributed by atoms with Crippen molar-refractivity contribution in [3.63, 3.8) is 0 Å². The summed E-state index contributed by atoms with van der Waals surface area (Å²) in [5.41, 5.74) is 0.401. The van der Waals surface area contributed by atoms with E-state index in [0.29, 0.717) is 11.6 Å². The molecule has 2 aromatic rings. The largest absolute Gasteiger partial charge is 0.460 e. The Kier molecular flexibility index (Phi) is 6.54. The number of nitrogens with zero attached hydrogens (tertiary/aromatic N) is 2. The minimum atomic E-state index is -0.586. The van der Waals surface area contributed by atoms with Gasteiger partial charge in [-0.3, -0.25) is 9.59 Å². The summed E-state index contributed by atoms with van der Waals surface area (Å²) >= 11 is 1.05. The summed E-state index contributed by atoms with van der Waals surface area (Å²) in [7, 11) is 0. The Hall–Kier alpha value is -2.86. The zero-order valence-corrected chi connectivity index (χ0v) is 14.1. The monoisotopic (exact) mass is 363 g/mol. The Labute approximate surface area is 147 Å². The van der Waals surface area contributed by atoms with E-state index in [0.717, 1.165) is 17.8 Å². The number of rotatable bonds is 7. The van der Waals surface area contributed by atoms with Crippen molar-refractivity contribution in [2.75, 3.05) is 16.8 Å². The van der Waals surface area contributed by atoms with Crippen LogP contribution in [0, 0.1) is 24.1 Å². The van der Waals surface area contributed by atoms with E-state index in [1.54, 1.807) is 13.0 Å². The summed E-state index contributed by atoms with van der Waals surface area (Å²) in [5, 5.41) is 14.9. The second-order valence-electron chi connectivity index (χ2n) is 4.94. The van der Waals surface area contributed by atoms with E-state index in [1.165, 1.54) is 12.1 Å². The molecule has 0 radical (unpaired) electrons. The summed E-state index contributed by atoms with van der Waals surface area (Å²) in [5.74, 6) is -0.639. The maximum Gasteiger partial charge on any atom is 0.316 e. The molecule has 0 fully saturated rings. The van der Waals surface area contributed by atoms with Crippen LogP contribution in [-0.4, -0.2) is 28.5 Å². The number of nitriles is 1. The molecule has 0 bridgehead atoms. The van der Waals surface area contributed by atoms with E-state index in [2.05, 4.69) is 10.5 Å².